The standard InChI is InChI=1S/C24H29FN2O4/c1-24(2,3)19-8-5-16(14-20(19)25)26-23(30)22-18-7-6-17(31-4)13-15(18)9-11-27(22)21(29)10-12-28/h5-8,13-14,22,28H,9-12H2,1-4H3,(H,26,30)/t22-/m1/s1. The lowest BCUT2D eigenvalue weighted by Crippen LogP contribution is -2.45. The second kappa shape index (κ2) is 9.06. The van der Waals surface area contributed by atoms with Crippen LogP contribution in [0.3, 0.4) is 0 Å². The van der Waals surface area contributed by atoms with Crippen LogP contribution in [0.15, 0.2) is 36.4 Å². The molecule has 1 atom stereocenters. The van der Waals surface area contributed by atoms with Crippen LogP contribution in [-0.4, -0.2) is 42.1 Å². The highest BCUT2D eigenvalue weighted by molar-refractivity contribution is 5.98. The number of aliphatic hydroxyl groups is 1. The Morgan fingerprint density at radius 1 is 1.23 bits per heavy atom. The number of hydrogen-bond donors (Lipinski definition) is 2. The zero-order chi connectivity index (χ0) is 22.8. The lowest BCUT2D eigenvalue weighted by Gasteiger charge is -2.36. The molecule has 0 spiro atoms. The molecule has 166 valence electrons. The highest BCUT2D eigenvalue weighted by atomic mass is 19.1. The van der Waals surface area contributed by atoms with E-state index in [0.29, 0.717) is 35.5 Å². The first kappa shape index (κ1) is 22.7. The molecule has 31 heavy (non-hydrogen) atoms. The minimum atomic E-state index is -0.876. The summed E-state index contributed by atoms with van der Waals surface area (Å²) in [5, 5.41) is 12.0. The molecule has 1 heterocycles. The van der Waals surface area contributed by atoms with E-state index in [9.17, 15) is 19.1 Å². The molecule has 2 aromatic carbocycles. The van der Waals surface area contributed by atoms with Gasteiger partial charge in [0.2, 0.25) is 5.91 Å². The van der Waals surface area contributed by atoms with Gasteiger partial charge in [-0.1, -0.05) is 32.9 Å². The van der Waals surface area contributed by atoms with E-state index in [1.54, 1.807) is 31.4 Å². The molecule has 0 saturated carbocycles. The Hall–Kier alpha value is -2.93. The molecule has 1 aliphatic heterocycles. The molecule has 2 amide bonds. The normalized spacial score (nSPS) is 15.9. The third-order valence-electron chi connectivity index (χ3n) is 5.52. The molecule has 1 aliphatic rings. The van der Waals surface area contributed by atoms with Crippen LogP contribution < -0.4 is 10.1 Å². The molecule has 3 rings (SSSR count). The van der Waals surface area contributed by atoms with Crippen molar-refractivity contribution >= 4 is 17.5 Å². The van der Waals surface area contributed by atoms with Crippen molar-refractivity contribution in [2.24, 2.45) is 0 Å². The summed E-state index contributed by atoms with van der Waals surface area (Å²) in [5.74, 6) is -0.459. The lowest BCUT2D eigenvalue weighted by molar-refractivity contribution is -0.140. The predicted molar refractivity (Wildman–Crippen MR) is 117 cm³/mol. The monoisotopic (exact) mass is 428 g/mol. The number of halogens is 1. The van der Waals surface area contributed by atoms with Crippen molar-refractivity contribution in [2.45, 2.75) is 45.1 Å². The zero-order valence-corrected chi connectivity index (χ0v) is 18.4. The highest BCUT2D eigenvalue weighted by Gasteiger charge is 2.36. The van der Waals surface area contributed by atoms with Crippen LogP contribution in [-0.2, 0) is 21.4 Å². The van der Waals surface area contributed by atoms with Gasteiger partial charge in [-0.25, -0.2) is 4.39 Å². The number of anilines is 1. The average Bonchev–Trinajstić information content (AvgIpc) is 2.71. The molecule has 0 aliphatic carbocycles. The van der Waals surface area contributed by atoms with E-state index in [1.807, 2.05) is 26.8 Å². The fourth-order valence-corrected chi connectivity index (χ4v) is 3.93. The molecular weight excluding hydrogens is 399 g/mol. The van der Waals surface area contributed by atoms with Crippen LogP contribution in [0.2, 0.25) is 0 Å². The molecular formula is C24H29FN2O4. The van der Waals surface area contributed by atoms with Gasteiger partial charge in [-0.2, -0.15) is 0 Å². The van der Waals surface area contributed by atoms with Crippen molar-refractivity contribution in [3.63, 3.8) is 0 Å². The highest BCUT2D eigenvalue weighted by Crippen LogP contribution is 2.34. The van der Waals surface area contributed by atoms with E-state index < -0.39 is 17.8 Å². The molecule has 0 radical (unpaired) electrons. The van der Waals surface area contributed by atoms with Gasteiger partial charge in [0.1, 0.15) is 17.6 Å². The Bertz CT molecular complexity index is 984. The van der Waals surface area contributed by atoms with E-state index in [2.05, 4.69) is 5.32 Å². The number of aliphatic hydroxyl groups excluding tert-OH is 1. The van der Waals surface area contributed by atoms with Crippen molar-refractivity contribution in [1.82, 2.24) is 4.90 Å². The van der Waals surface area contributed by atoms with Crippen molar-refractivity contribution in [1.29, 1.82) is 0 Å². The first-order valence-corrected chi connectivity index (χ1v) is 10.3. The Morgan fingerprint density at radius 2 is 1.97 bits per heavy atom. The Balaban J connectivity index is 1.93. The third-order valence-corrected chi connectivity index (χ3v) is 5.52. The minimum absolute atomic E-state index is 0.0653. The summed E-state index contributed by atoms with van der Waals surface area (Å²) in [6.07, 6.45) is 0.507. The fraction of sp³-hybridized carbons (Fsp3) is 0.417. The number of methoxy groups -OCH3 is 1. The number of carbonyl (C=O) groups is 2. The Labute approximate surface area is 182 Å². The summed E-state index contributed by atoms with van der Waals surface area (Å²) < 4.78 is 19.9. The number of fused-ring (bicyclic) bond motifs is 1. The van der Waals surface area contributed by atoms with Crippen LogP contribution in [0, 0.1) is 5.82 Å². The van der Waals surface area contributed by atoms with Crippen LogP contribution in [0.25, 0.3) is 0 Å². The molecule has 0 saturated heterocycles. The molecule has 6 nitrogen and oxygen atoms in total. The van der Waals surface area contributed by atoms with Crippen molar-refractivity contribution in [3.05, 3.63) is 58.9 Å². The maximum Gasteiger partial charge on any atom is 0.251 e. The number of nitrogens with one attached hydrogen (secondary N) is 1. The number of ether oxygens (including phenoxy) is 1. The maximum atomic E-state index is 14.6. The van der Waals surface area contributed by atoms with Gasteiger partial charge in [-0.3, -0.25) is 9.59 Å². The molecule has 0 aromatic heterocycles. The summed E-state index contributed by atoms with van der Waals surface area (Å²) in [7, 11) is 1.57. The van der Waals surface area contributed by atoms with Crippen LogP contribution >= 0.6 is 0 Å². The fourth-order valence-electron chi connectivity index (χ4n) is 3.93. The van der Waals surface area contributed by atoms with Gasteiger partial charge in [-0.05, 0) is 52.8 Å². The number of carbonyl (C=O) groups excluding carboxylic acids is 2. The molecule has 0 unspecified atom stereocenters. The number of nitrogens with zero attached hydrogens (tertiary/aromatic N) is 1. The number of amides is 2. The van der Waals surface area contributed by atoms with Crippen molar-refractivity contribution in [2.75, 3.05) is 25.6 Å². The molecule has 0 fully saturated rings. The third kappa shape index (κ3) is 4.88. The smallest absolute Gasteiger partial charge is 0.251 e. The van der Waals surface area contributed by atoms with E-state index in [4.69, 9.17) is 4.74 Å². The van der Waals surface area contributed by atoms with E-state index in [1.165, 1.54) is 11.0 Å². The first-order valence-electron chi connectivity index (χ1n) is 10.3. The summed E-state index contributed by atoms with van der Waals surface area (Å²) in [6.45, 7) is 5.80. The van der Waals surface area contributed by atoms with Crippen LogP contribution in [0.5, 0.6) is 5.75 Å². The quantitative estimate of drug-likeness (QED) is 0.763. The maximum absolute atomic E-state index is 14.6. The van der Waals surface area contributed by atoms with Crippen LogP contribution in [0.4, 0.5) is 10.1 Å². The minimum Gasteiger partial charge on any atom is -0.497 e. The number of rotatable bonds is 5. The lowest BCUT2D eigenvalue weighted by atomic mass is 9.86. The zero-order valence-electron chi connectivity index (χ0n) is 18.4. The molecule has 7 heteroatoms. The SMILES string of the molecule is COc1ccc2c(c1)CCN(C(=O)CCO)[C@H]2C(=O)Nc1ccc(C(C)(C)C)c(F)c1. The number of hydrogen-bond acceptors (Lipinski definition) is 4. The van der Waals surface area contributed by atoms with E-state index in [0.717, 1.165) is 5.56 Å². The van der Waals surface area contributed by atoms with Gasteiger partial charge < -0.3 is 20.1 Å². The topological polar surface area (TPSA) is 78.9 Å². The van der Waals surface area contributed by atoms with E-state index >= 15 is 0 Å². The van der Waals surface area contributed by atoms with Crippen molar-refractivity contribution in [3.8, 4) is 5.75 Å². The first-order chi connectivity index (χ1) is 14.7. The molecule has 0 bridgehead atoms. The van der Waals surface area contributed by atoms with Gasteiger partial charge in [0, 0.05) is 18.7 Å². The van der Waals surface area contributed by atoms with Gasteiger partial charge >= 0.3 is 0 Å². The van der Waals surface area contributed by atoms with Gasteiger partial charge in [0.05, 0.1) is 13.7 Å². The summed E-state index contributed by atoms with van der Waals surface area (Å²) >= 11 is 0. The summed E-state index contributed by atoms with van der Waals surface area (Å²) in [4.78, 5) is 27.4. The van der Waals surface area contributed by atoms with Gasteiger partial charge in [0.25, 0.3) is 5.91 Å². The van der Waals surface area contributed by atoms with Gasteiger partial charge in [0.15, 0.2) is 0 Å². The predicted octanol–water partition coefficient (Wildman–Crippen LogP) is 3.58. The van der Waals surface area contributed by atoms with E-state index in [-0.39, 0.29) is 24.3 Å². The second-order valence-electron chi connectivity index (χ2n) is 8.71. The summed E-state index contributed by atoms with van der Waals surface area (Å²) in [5.41, 5.74) is 2.14. The largest absolute Gasteiger partial charge is 0.497 e. The van der Waals surface area contributed by atoms with Crippen LogP contribution in [0.1, 0.15) is 49.9 Å². The summed E-state index contributed by atoms with van der Waals surface area (Å²) in [6, 6.07) is 9.14. The van der Waals surface area contributed by atoms with Gasteiger partial charge in [-0.15, -0.1) is 0 Å². The Morgan fingerprint density at radius 3 is 2.58 bits per heavy atom. The number of benzene rings is 2. The molecule has 2 N–H and O–H groups in total. The van der Waals surface area contributed by atoms with Crippen molar-refractivity contribution < 1.29 is 23.8 Å². The second-order valence-corrected chi connectivity index (χ2v) is 8.71. The average molecular weight is 429 g/mol. The molecule has 2 aromatic rings. The Kier molecular flexibility index (Phi) is 6.65.